The largest absolute Gasteiger partial charge is 0.298 e. The van der Waals surface area contributed by atoms with Gasteiger partial charge in [0.1, 0.15) is 0 Å². The number of piperidine rings is 1. The van der Waals surface area contributed by atoms with Gasteiger partial charge in [0.05, 0.1) is 0 Å². The topological polar surface area (TPSA) is 16.1 Å². The number of nitrogens with zero attached hydrogens (tertiary/aromatic N) is 2. The van der Waals surface area contributed by atoms with E-state index in [4.69, 9.17) is 0 Å². The fourth-order valence-corrected chi connectivity index (χ4v) is 2.06. The van der Waals surface area contributed by atoms with Crippen LogP contribution in [0.15, 0.2) is 24.5 Å². The fraction of sp³-hybridized carbons (Fsp3) is 0.583. The fourth-order valence-electron chi connectivity index (χ4n) is 2.06. The summed E-state index contributed by atoms with van der Waals surface area (Å²) in [5.41, 5.74) is 1.08. The molecule has 2 nitrogen and oxygen atoms in total. The number of aromatic nitrogens is 1. The molecule has 0 saturated carbocycles. The highest BCUT2D eigenvalue weighted by atomic mass is 19.3. The average molecular weight is 226 g/mol. The van der Waals surface area contributed by atoms with Gasteiger partial charge in [0.2, 0.25) is 0 Å². The van der Waals surface area contributed by atoms with Crippen LogP contribution in [0.5, 0.6) is 0 Å². The van der Waals surface area contributed by atoms with Gasteiger partial charge in [0, 0.05) is 44.4 Å². The highest BCUT2D eigenvalue weighted by Gasteiger charge is 2.40. The molecule has 0 spiro atoms. The molecule has 1 aliphatic rings. The summed E-state index contributed by atoms with van der Waals surface area (Å²) in [6.45, 7) is 3.26. The molecule has 0 aromatic carbocycles. The Balaban J connectivity index is 1.94. The van der Waals surface area contributed by atoms with Crippen LogP contribution in [0.1, 0.15) is 18.9 Å². The van der Waals surface area contributed by atoms with Gasteiger partial charge < -0.3 is 0 Å². The maximum Gasteiger partial charge on any atom is 0.253 e. The van der Waals surface area contributed by atoms with Crippen molar-refractivity contribution in [2.75, 3.05) is 13.1 Å². The van der Waals surface area contributed by atoms with Crippen LogP contribution in [-0.2, 0) is 6.54 Å². The monoisotopic (exact) mass is 226 g/mol. The van der Waals surface area contributed by atoms with Crippen LogP contribution in [0.25, 0.3) is 0 Å². The first-order valence-corrected chi connectivity index (χ1v) is 5.57. The van der Waals surface area contributed by atoms with Crippen molar-refractivity contribution in [2.45, 2.75) is 25.8 Å². The molecule has 0 amide bonds. The van der Waals surface area contributed by atoms with Crippen LogP contribution in [0.2, 0.25) is 0 Å². The summed E-state index contributed by atoms with van der Waals surface area (Å²) in [4.78, 5) is 6.09. The summed E-state index contributed by atoms with van der Waals surface area (Å²) in [6.07, 6.45) is 3.47. The zero-order chi connectivity index (χ0) is 11.6. The highest BCUT2D eigenvalue weighted by molar-refractivity contribution is 5.08. The smallest absolute Gasteiger partial charge is 0.253 e. The Labute approximate surface area is 94.3 Å². The van der Waals surface area contributed by atoms with Crippen molar-refractivity contribution in [1.29, 1.82) is 0 Å². The normalized spacial score (nSPS) is 25.6. The molecule has 4 heteroatoms. The van der Waals surface area contributed by atoms with Crippen molar-refractivity contribution < 1.29 is 8.78 Å². The average Bonchev–Trinajstić information content (AvgIpc) is 2.26. The predicted molar refractivity (Wildman–Crippen MR) is 58.2 cm³/mol. The van der Waals surface area contributed by atoms with E-state index in [1.165, 1.54) is 0 Å². The molecule has 1 atom stereocenters. The number of alkyl halides is 2. The molecule has 1 aromatic heterocycles. The van der Waals surface area contributed by atoms with E-state index in [1.807, 2.05) is 12.1 Å². The lowest BCUT2D eigenvalue weighted by Gasteiger charge is -2.36. The van der Waals surface area contributed by atoms with Gasteiger partial charge in [-0.05, 0) is 11.6 Å². The number of halogens is 2. The van der Waals surface area contributed by atoms with Crippen molar-refractivity contribution in [3.63, 3.8) is 0 Å². The first kappa shape index (κ1) is 11.5. The Kier molecular flexibility index (Phi) is 3.19. The SMILES string of the molecule is CC1CN(Cc2cccnc2)CCC1(F)F. The molecule has 0 aliphatic carbocycles. The molecule has 0 N–H and O–H groups in total. The number of rotatable bonds is 2. The van der Waals surface area contributed by atoms with Crippen LogP contribution in [0.3, 0.4) is 0 Å². The summed E-state index contributed by atoms with van der Waals surface area (Å²) < 4.78 is 26.5. The van der Waals surface area contributed by atoms with E-state index in [9.17, 15) is 8.78 Å². The van der Waals surface area contributed by atoms with E-state index in [0.717, 1.165) is 5.56 Å². The van der Waals surface area contributed by atoms with Gasteiger partial charge in [0.15, 0.2) is 0 Å². The van der Waals surface area contributed by atoms with Crippen molar-refractivity contribution in [1.82, 2.24) is 9.88 Å². The Hall–Kier alpha value is -1.03. The standard InChI is InChI=1S/C12H16F2N2/c1-10-8-16(6-4-12(10,13)14)9-11-3-2-5-15-7-11/h2-3,5,7,10H,4,6,8-9H2,1H3. The van der Waals surface area contributed by atoms with E-state index in [2.05, 4.69) is 9.88 Å². The third-order valence-corrected chi connectivity index (χ3v) is 3.14. The minimum absolute atomic E-state index is 0.0333. The Morgan fingerprint density at radius 2 is 2.38 bits per heavy atom. The molecule has 88 valence electrons. The third-order valence-electron chi connectivity index (χ3n) is 3.14. The molecule has 2 rings (SSSR count). The number of hydrogen-bond donors (Lipinski definition) is 0. The maximum absolute atomic E-state index is 13.3. The molecule has 2 heterocycles. The molecular formula is C12H16F2N2. The van der Waals surface area contributed by atoms with Crippen molar-refractivity contribution in [3.8, 4) is 0 Å². The molecule has 0 bridgehead atoms. The molecular weight excluding hydrogens is 210 g/mol. The van der Waals surface area contributed by atoms with E-state index in [0.29, 0.717) is 19.6 Å². The highest BCUT2D eigenvalue weighted by Crippen LogP contribution is 2.33. The zero-order valence-corrected chi connectivity index (χ0v) is 9.37. The number of hydrogen-bond acceptors (Lipinski definition) is 2. The van der Waals surface area contributed by atoms with Gasteiger partial charge in [-0.25, -0.2) is 8.78 Å². The van der Waals surface area contributed by atoms with Gasteiger partial charge in [-0.15, -0.1) is 0 Å². The van der Waals surface area contributed by atoms with Crippen molar-refractivity contribution in [2.24, 2.45) is 5.92 Å². The van der Waals surface area contributed by atoms with Gasteiger partial charge in [-0.1, -0.05) is 13.0 Å². The molecule has 0 radical (unpaired) electrons. The molecule has 1 fully saturated rings. The Bertz CT molecular complexity index is 340. The molecule has 1 saturated heterocycles. The van der Waals surface area contributed by atoms with E-state index in [1.54, 1.807) is 19.3 Å². The predicted octanol–water partition coefficient (Wildman–Crippen LogP) is 2.56. The molecule has 1 aliphatic heterocycles. The maximum atomic E-state index is 13.3. The second-order valence-electron chi connectivity index (χ2n) is 4.51. The van der Waals surface area contributed by atoms with Crippen molar-refractivity contribution >= 4 is 0 Å². The summed E-state index contributed by atoms with van der Waals surface area (Å²) in [7, 11) is 0. The third kappa shape index (κ3) is 2.55. The van der Waals surface area contributed by atoms with Crippen LogP contribution in [0.4, 0.5) is 8.78 Å². The summed E-state index contributed by atoms with van der Waals surface area (Å²) >= 11 is 0. The second kappa shape index (κ2) is 4.45. The second-order valence-corrected chi connectivity index (χ2v) is 4.51. The van der Waals surface area contributed by atoms with Gasteiger partial charge in [-0.3, -0.25) is 9.88 Å². The summed E-state index contributed by atoms with van der Waals surface area (Å²) in [5.74, 6) is -3.05. The molecule has 1 unspecified atom stereocenters. The number of likely N-dealkylation sites (tertiary alicyclic amines) is 1. The van der Waals surface area contributed by atoms with Crippen LogP contribution in [0, 0.1) is 5.92 Å². The van der Waals surface area contributed by atoms with Crippen LogP contribution < -0.4 is 0 Å². The zero-order valence-electron chi connectivity index (χ0n) is 9.37. The van der Waals surface area contributed by atoms with Crippen LogP contribution >= 0.6 is 0 Å². The molecule has 16 heavy (non-hydrogen) atoms. The molecule has 1 aromatic rings. The first-order valence-electron chi connectivity index (χ1n) is 5.57. The Morgan fingerprint density at radius 1 is 1.56 bits per heavy atom. The van der Waals surface area contributed by atoms with Gasteiger partial charge in [-0.2, -0.15) is 0 Å². The lowest BCUT2D eigenvalue weighted by Crippen LogP contribution is -2.45. The van der Waals surface area contributed by atoms with Crippen LogP contribution in [-0.4, -0.2) is 28.9 Å². The first-order chi connectivity index (χ1) is 7.58. The van der Waals surface area contributed by atoms with Gasteiger partial charge in [0.25, 0.3) is 5.92 Å². The lowest BCUT2D eigenvalue weighted by atomic mass is 9.95. The van der Waals surface area contributed by atoms with E-state index in [-0.39, 0.29) is 6.42 Å². The van der Waals surface area contributed by atoms with E-state index >= 15 is 0 Å². The minimum Gasteiger partial charge on any atom is -0.298 e. The summed E-state index contributed by atoms with van der Waals surface area (Å²) in [6, 6.07) is 3.85. The summed E-state index contributed by atoms with van der Waals surface area (Å²) in [5, 5.41) is 0. The van der Waals surface area contributed by atoms with Crippen molar-refractivity contribution in [3.05, 3.63) is 30.1 Å². The van der Waals surface area contributed by atoms with Gasteiger partial charge >= 0.3 is 0 Å². The number of pyridine rings is 1. The minimum atomic E-state index is -2.49. The quantitative estimate of drug-likeness (QED) is 0.770. The Morgan fingerprint density at radius 3 is 3.00 bits per heavy atom. The van der Waals surface area contributed by atoms with E-state index < -0.39 is 11.8 Å². The lowest BCUT2D eigenvalue weighted by molar-refractivity contribution is -0.100.